The highest BCUT2D eigenvalue weighted by Gasteiger charge is 2.07. The van der Waals surface area contributed by atoms with Gasteiger partial charge in [0, 0.05) is 12.8 Å². The van der Waals surface area contributed by atoms with Gasteiger partial charge in [-0.05, 0) is 12.8 Å². The molecule has 0 fully saturated rings. The van der Waals surface area contributed by atoms with E-state index >= 15 is 0 Å². The third-order valence-corrected chi connectivity index (χ3v) is 2.64. The Morgan fingerprint density at radius 1 is 0.583 bits per heavy atom. The number of hydrogen-bond acceptors (Lipinski definition) is 10. The highest BCUT2D eigenvalue weighted by atomic mass is 16.8. The highest BCUT2D eigenvalue weighted by Crippen LogP contribution is 2.07. The van der Waals surface area contributed by atoms with Gasteiger partial charge in [-0.15, -0.1) is 0 Å². The molecule has 0 unspecified atom stereocenters. The standard InChI is InChI=1S/C14H22O10/c1-19-13(17)23-9-21-11(15)7-5-3-4-6-8-12(16)22-10-24-14(18)20-2/h3-10H2,1-2H3. The second-order valence-corrected chi connectivity index (χ2v) is 4.38. The number of ether oxygens (including phenoxy) is 6. The minimum absolute atomic E-state index is 0.182. The zero-order valence-corrected chi connectivity index (χ0v) is 13.7. The highest BCUT2D eigenvalue weighted by molar-refractivity contribution is 5.70. The summed E-state index contributed by atoms with van der Waals surface area (Å²) in [4.78, 5) is 43.7. The summed E-state index contributed by atoms with van der Waals surface area (Å²) in [5, 5.41) is 0. The molecule has 0 N–H and O–H groups in total. The molecule has 0 aromatic carbocycles. The van der Waals surface area contributed by atoms with Gasteiger partial charge in [-0.1, -0.05) is 12.8 Å². The van der Waals surface area contributed by atoms with Crippen molar-refractivity contribution in [2.45, 2.75) is 38.5 Å². The van der Waals surface area contributed by atoms with E-state index in [1.165, 1.54) is 0 Å². The molecule has 0 saturated heterocycles. The van der Waals surface area contributed by atoms with E-state index < -0.39 is 37.8 Å². The molecular weight excluding hydrogens is 328 g/mol. The van der Waals surface area contributed by atoms with Gasteiger partial charge in [-0.2, -0.15) is 0 Å². The minimum Gasteiger partial charge on any atom is -0.438 e. The van der Waals surface area contributed by atoms with E-state index in [0.29, 0.717) is 12.8 Å². The molecule has 0 saturated carbocycles. The van der Waals surface area contributed by atoms with Gasteiger partial charge in [0.2, 0.25) is 13.6 Å². The van der Waals surface area contributed by atoms with Crippen LogP contribution in [0.2, 0.25) is 0 Å². The van der Waals surface area contributed by atoms with Gasteiger partial charge in [-0.3, -0.25) is 9.59 Å². The molecule has 0 radical (unpaired) electrons. The van der Waals surface area contributed by atoms with Gasteiger partial charge in [-0.25, -0.2) is 9.59 Å². The van der Waals surface area contributed by atoms with Crippen molar-refractivity contribution in [2.24, 2.45) is 0 Å². The molecule has 0 aliphatic heterocycles. The van der Waals surface area contributed by atoms with Crippen LogP contribution < -0.4 is 0 Å². The van der Waals surface area contributed by atoms with E-state index in [0.717, 1.165) is 27.1 Å². The Labute approximate surface area is 139 Å². The van der Waals surface area contributed by atoms with Crippen LogP contribution in [0.5, 0.6) is 0 Å². The number of unbranched alkanes of at least 4 members (excludes halogenated alkanes) is 3. The zero-order chi connectivity index (χ0) is 18.2. The van der Waals surface area contributed by atoms with Crippen LogP contribution in [0.3, 0.4) is 0 Å². The fourth-order valence-corrected chi connectivity index (χ4v) is 1.44. The molecule has 0 rings (SSSR count). The van der Waals surface area contributed by atoms with Crippen LogP contribution in [-0.4, -0.2) is 52.1 Å². The summed E-state index contributed by atoms with van der Waals surface area (Å²) >= 11 is 0. The van der Waals surface area contributed by atoms with Crippen molar-refractivity contribution in [1.82, 2.24) is 0 Å². The van der Waals surface area contributed by atoms with E-state index in [4.69, 9.17) is 0 Å². The van der Waals surface area contributed by atoms with E-state index in [1.807, 2.05) is 0 Å². The van der Waals surface area contributed by atoms with E-state index in [-0.39, 0.29) is 12.8 Å². The number of methoxy groups -OCH3 is 2. The van der Waals surface area contributed by atoms with Gasteiger partial charge in [0.25, 0.3) is 0 Å². The monoisotopic (exact) mass is 350 g/mol. The van der Waals surface area contributed by atoms with E-state index in [1.54, 1.807) is 0 Å². The minimum atomic E-state index is -0.924. The van der Waals surface area contributed by atoms with Crippen molar-refractivity contribution in [3.8, 4) is 0 Å². The van der Waals surface area contributed by atoms with Crippen LogP contribution in [0.15, 0.2) is 0 Å². The summed E-state index contributed by atoms with van der Waals surface area (Å²) in [6.07, 6.45) is 1.12. The van der Waals surface area contributed by atoms with Crippen molar-refractivity contribution in [1.29, 1.82) is 0 Å². The first-order valence-electron chi connectivity index (χ1n) is 7.22. The average molecular weight is 350 g/mol. The van der Waals surface area contributed by atoms with E-state index in [9.17, 15) is 19.2 Å². The fraction of sp³-hybridized carbons (Fsp3) is 0.714. The molecule has 0 aromatic heterocycles. The Morgan fingerprint density at radius 2 is 0.958 bits per heavy atom. The molecular formula is C14H22O10. The van der Waals surface area contributed by atoms with Crippen LogP contribution in [-0.2, 0) is 38.0 Å². The maximum Gasteiger partial charge on any atom is 0.510 e. The van der Waals surface area contributed by atoms with Gasteiger partial charge in [0.1, 0.15) is 0 Å². The molecule has 0 atom stereocenters. The second-order valence-electron chi connectivity index (χ2n) is 4.38. The third-order valence-electron chi connectivity index (χ3n) is 2.64. The predicted molar refractivity (Wildman–Crippen MR) is 76.6 cm³/mol. The first-order chi connectivity index (χ1) is 11.5. The normalized spacial score (nSPS) is 9.58. The Hall–Kier alpha value is -2.52. The lowest BCUT2D eigenvalue weighted by atomic mass is 10.1. The van der Waals surface area contributed by atoms with Crippen molar-refractivity contribution >= 4 is 24.2 Å². The van der Waals surface area contributed by atoms with Gasteiger partial charge in [0.05, 0.1) is 14.2 Å². The van der Waals surface area contributed by atoms with Crippen LogP contribution in [0, 0.1) is 0 Å². The van der Waals surface area contributed by atoms with Crippen LogP contribution in [0.25, 0.3) is 0 Å². The Balaban J connectivity index is 3.43. The molecule has 24 heavy (non-hydrogen) atoms. The zero-order valence-electron chi connectivity index (χ0n) is 13.7. The molecule has 0 aliphatic rings. The lowest BCUT2D eigenvalue weighted by molar-refractivity contribution is -0.154. The van der Waals surface area contributed by atoms with Crippen molar-refractivity contribution in [2.75, 3.05) is 27.8 Å². The van der Waals surface area contributed by atoms with Gasteiger partial charge < -0.3 is 28.4 Å². The van der Waals surface area contributed by atoms with Crippen molar-refractivity contribution in [3.05, 3.63) is 0 Å². The van der Waals surface area contributed by atoms with Crippen molar-refractivity contribution < 1.29 is 47.6 Å². The smallest absolute Gasteiger partial charge is 0.438 e. The lowest BCUT2D eigenvalue weighted by Gasteiger charge is -2.06. The first-order valence-corrected chi connectivity index (χ1v) is 7.22. The molecule has 10 heteroatoms. The fourth-order valence-electron chi connectivity index (χ4n) is 1.44. The lowest BCUT2D eigenvalue weighted by Crippen LogP contribution is -2.12. The Morgan fingerprint density at radius 3 is 1.29 bits per heavy atom. The molecule has 10 nitrogen and oxygen atoms in total. The van der Waals surface area contributed by atoms with Crippen LogP contribution in [0.1, 0.15) is 38.5 Å². The SMILES string of the molecule is COC(=O)OCOC(=O)CCCCCCC(=O)OCOC(=O)OC. The summed E-state index contributed by atoms with van der Waals surface area (Å²) in [6.45, 7) is -0.962. The number of esters is 2. The second kappa shape index (κ2) is 14.1. The summed E-state index contributed by atoms with van der Waals surface area (Å²) in [7, 11) is 2.29. The number of carbonyl (C=O) groups is 4. The number of hydrogen-bond donors (Lipinski definition) is 0. The largest absolute Gasteiger partial charge is 0.510 e. The third kappa shape index (κ3) is 13.2. The first kappa shape index (κ1) is 21.5. The molecule has 0 spiro atoms. The molecule has 138 valence electrons. The Bertz CT molecular complexity index is 368. The number of carbonyl (C=O) groups excluding carboxylic acids is 4. The van der Waals surface area contributed by atoms with Gasteiger partial charge in [0.15, 0.2) is 0 Å². The van der Waals surface area contributed by atoms with Crippen LogP contribution in [0.4, 0.5) is 9.59 Å². The Kier molecular flexibility index (Phi) is 12.6. The molecule has 0 bridgehead atoms. The van der Waals surface area contributed by atoms with Crippen molar-refractivity contribution in [3.63, 3.8) is 0 Å². The maximum absolute atomic E-state index is 11.3. The summed E-state index contributed by atoms with van der Waals surface area (Å²) in [5.41, 5.74) is 0. The van der Waals surface area contributed by atoms with Crippen LogP contribution >= 0.6 is 0 Å². The molecule has 0 aromatic rings. The summed E-state index contributed by atoms with van der Waals surface area (Å²) in [5.74, 6) is -0.975. The summed E-state index contributed by atoms with van der Waals surface area (Å²) in [6, 6.07) is 0. The predicted octanol–water partition coefficient (Wildman–Crippen LogP) is 1.89. The maximum atomic E-state index is 11.3. The molecule has 0 amide bonds. The van der Waals surface area contributed by atoms with Gasteiger partial charge >= 0.3 is 24.2 Å². The summed E-state index contributed by atoms with van der Waals surface area (Å²) < 4.78 is 26.5. The average Bonchev–Trinajstić information content (AvgIpc) is 2.57. The molecule has 0 heterocycles. The molecule has 0 aliphatic carbocycles. The number of rotatable bonds is 11. The topological polar surface area (TPSA) is 124 Å². The quantitative estimate of drug-likeness (QED) is 0.236. The van der Waals surface area contributed by atoms with E-state index in [2.05, 4.69) is 28.4 Å².